The Hall–Kier alpha value is -2.39. The lowest BCUT2D eigenvalue weighted by Crippen LogP contribution is -2.26. The number of hydrogen-bond acceptors (Lipinski definition) is 3. The second-order valence-electron chi connectivity index (χ2n) is 6.28. The van der Waals surface area contributed by atoms with Crippen molar-refractivity contribution < 1.29 is 4.79 Å². The fourth-order valence-corrected chi connectivity index (χ4v) is 3.60. The fourth-order valence-electron chi connectivity index (χ4n) is 3.48. The van der Waals surface area contributed by atoms with E-state index in [9.17, 15) is 4.79 Å². The van der Waals surface area contributed by atoms with Crippen molar-refractivity contribution in [1.29, 1.82) is 0 Å². The molecule has 1 aliphatic carbocycles. The molecule has 1 heterocycles. The number of ketones is 1. The van der Waals surface area contributed by atoms with Gasteiger partial charge >= 0.3 is 0 Å². The molecule has 1 fully saturated rings. The molecule has 1 N–H and O–H groups in total. The third-order valence-electron chi connectivity index (χ3n) is 4.64. The van der Waals surface area contributed by atoms with Gasteiger partial charge in [-0.2, -0.15) is 0 Å². The lowest BCUT2D eigenvalue weighted by atomic mass is 9.79. The highest BCUT2D eigenvalue weighted by Crippen LogP contribution is 2.38. The van der Waals surface area contributed by atoms with Crippen molar-refractivity contribution in [2.24, 2.45) is 4.99 Å². The molecule has 0 radical (unpaired) electrons. The highest BCUT2D eigenvalue weighted by Gasteiger charge is 2.32. The highest BCUT2D eigenvalue weighted by atomic mass is 35.5. The van der Waals surface area contributed by atoms with E-state index in [1.165, 1.54) is 0 Å². The van der Waals surface area contributed by atoms with E-state index in [-0.39, 0.29) is 11.7 Å². The van der Waals surface area contributed by atoms with Gasteiger partial charge < -0.3 is 5.32 Å². The van der Waals surface area contributed by atoms with Gasteiger partial charge in [-0.3, -0.25) is 9.79 Å². The number of halogens is 1. The number of anilines is 1. The average Bonchev–Trinajstić information content (AvgIpc) is 2.71. The van der Waals surface area contributed by atoms with Gasteiger partial charge in [0, 0.05) is 17.1 Å². The maximum atomic E-state index is 12.8. The van der Waals surface area contributed by atoms with E-state index in [0.29, 0.717) is 11.4 Å². The van der Waals surface area contributed by atoms with Crippen LogP contribution in [0, 0.1) is 0 Å². The minimum Gasteiger partial charge on any atom is -0.357 e. The molecule has 1 atom stereocenters. The van der Waals surface area contributed by atoms with E-state index in [4.69, 9.17) is 16.6 Å². The normalized spacial score (nSPS) is 19.8. The number of para-hydroxylation sites is 2. The van der Waals surface area contributed by atoms with E-state index >= 15 is 0 Å². The van der Waals surface area contributed by atoms with Gasteiger partial charge in [-0.25, -0.2) is 0 Å². The number of carbonyl (C=O) groups is 1. The SMILES string of the molecule is CC1=C2C(=O)CC(c3ccc(Cl)cc3)CC2=Nc2ccccc2N1. The Kier molecular flexibility index (Phi) is 3.73. The van der Waals surface area contributed by atoms with Gasteiger partial charge in [0.25, 0.3) is 0 Å². The number of nitrogens with one attached hydrogen (secondary N) is 1. The predicted octanol–water partition coefficient (Wildman–Crippen LogP) is 5.26. The molecule has 0 bridgehead atoms. The van der Waals surface area contributed by atoms with E-state index in [1.54, 1.807) is 0 Å². The zero-order valence-electron chi connectivity index (χ0n) is 13.3. The first-order chi connectivity index (χ1) is 11.6. The summed E-state index contributed by atoms with van der Waals surface area (Å²) in [6.07, 6.45) is 1.27. The first-order valence-corrected chi connectivity index (χ1v) is 8.43. The number of fused-ring (bicyclic) bond motifs is 2. The van der Waals surface area contributed by atoms with Crippen LogP contribution in [0.25, 0.3) is 0 Å². The van der Waals surface area contributed by atoms with Crippen LogP contribution in [0.1, 0.15) is 31.2 Å². The van der Waals surface area contributed by atoms with E-state index in [1.807, 2.05) is 55.5 Å². The monoisotopic (exact) mass is 336 g/mol. The van der Waals surface area contributed by atoms with Gasteiger partial charge in [-0.05, 0) is 49.1 Å². The number of carbonyl (C=O) groups excluding carboxylic acids is 1. The summed E-state index contributed by atoms with van der Waals surface area (Å²) in [5.41, 5.74) is 5.47. The molecule has 2 aromatic rings. The van der Waals surface area contributed by atoms with E-state index in [0.717, 1.165) is 40.3 Å². The van der Waals surface area contributed by atoms with Gasteiger partial charge in [-0.15, -0.1) is 0 Å². The van der Waals surface area contributed by atoms with Crippen LogP contribution in [-0.2, 0) is 4.79 Å². The number of benzene rings is 2. The first kappa shape index (κ1) is 15.2. The molecule has 2 aromatic carbocycles. The molecular weight excluding hydrogens is 320 g/mol. The van der Waals surface area contributed by atoms with Gasteiger partial charge in [0.1, 0.15) is 0 Å². The smallest absolute Gasteiger partial charge is 0.167 e. The Bertz CT molecular complexity index is 881. The second kappa shape index (κ2) is 5.91. The minimum absolute atomic E-state index is 0.148. The molecular formula is C20H17ClN2O. The summed E-state index contributed by atoms with van der Waals surface area (Å²) in [5.74, 6) is 0.299. The summed E-state index contributed by atoms with van der Waals surface area (Å²) in [7, 11) is 0. The standard InChI is InChI=1S/C20H17ClN2O/c1-12-20-18(23-17-5-3-2-4-16(17)22-12)10-14(11-19(20)24)13-6-8-15(21)9-7-13/h2-9,14,22H,10-11H2,1H3. The van der Waals surface area contributed by atoms with Crippen LogP contribution in [-0.4, -0.2) is 11.5 Å². The summed E-state index contributed by atoms with van der Waals surface area (Å²) in [6, 6.07) is 15.7. The van der Waals surface area contributed by atoms with Crippen LogP contribution in [0.3, 0.4) is 0 Å². The Morgan fingerprint density at radius 2 is 1.83 bits per heavy atom. The molecule has 0 amide bonds. The van der Waals surface area contributed by atoms with Crippen LogP contribution >= 0.6 is 11.6 Å². The summed E-state index contributed by atoms with van der Waals surface area (Å²) in [4.78, 5) is 17.6. The summed E-state index contributed by atoms with van der Waals surface area (Å²) in [6.45, 7) is 1.95. The average molecular weight is 337 g/mol. The van der Waals surface area contributed by atoms with Gasteiger partial charge in [0.15, 0.2) is 5.78 Å². The maximum absolute atomic E-state index is 12.8. The summed E-state index contributed by atoms with van der Waals surface area (Å²) in [5, 5.41) is 4.05. The van der Waals surface area contributed by atoms with Crippen molar-refractivity contribution in [3.63, 3.8) is 0 Å². The summed E-state index contributed by atoms with van der Waals surface area (Å²) >= 11 is 5.98. The van der Waals surface area contributed by atoms with Crippen molar-refractivity contribution in [2.75, 3.05) is 5.32 Å². The summed E-state index contributed by atoms with van der Waals surface area (Å²) < 4.78 is 0. The van der Waals surface area contributed by atoms with Gasteiger partial charge in [0.05, 0.1) is 22.7 Å². The van der Waals surface area contributed by atoms with Crippen molar-refractivity contribution in [2.45, 2.75) is 25.7 Å². The van der Waals surface area contributed by atoms with E-state index < -0.39 is 0 Å². The number of allylic oxidation sites excluding steroid dienone is 2. The van der Waals surface area contributed by atoms with Gasteiger partial charge in [-0.1, -0.05) is 35.9 Å². The zero-order valence-corrected chi connectivity index (χ0v) is 14.1. The third-order valence-corrected chi connectivity index (χ3v) is 4.89. The molecule has 0 spiro atoms. The molecule has 0 saturated heterocycles. The maximum Gasteiger partial charge on any atom is 0.167 e. The van der Waals surface area contributed by atoms with Crippen molar-refractivity contribution in [3.05, 3.63) is 70.4 Å². The van der Waals surface area contributed by atoms with Crippen LogP contribution < -0.4 is 5.32 Å². The number of nitrogens with zero attached hydrogens (tertiary/aromatic N) is 1. The Labute approximate surface area is 146 Å². The molecule has 0 aromatic heterocycles. The molecule has 3 nitrogen and oxygen atoms in total. The van der Waals surface area contributed by atoms with Crippen LogP contribution in [0.2, 0.25) is 5.02 Å². The van der Waals surface area contributed by atoms with Gasteiger partial charge in [0.2, 0.25) is 0 Å². The topological polar surface area (TPSA) is 41.5 Å². The first-order valence-electron chi connectivity index (χ1n) is 8.05. The second-order valence-corrected chi connectivity index (χ2v) is 6.72. The van der Waals surface area contributed by atoms with Crippen LogP contribution in [0.5, 0.6) is 0 Å². The Morgan fingerprint density at radius 3 is 2.62 bits per heavy atom. The highest BCUT2D eigenvalue weighted by molar-refractivity contribution is 6.30. The van der Waals surface area contributed by atoms with Crippen molar-refractivity contribution in [1.82, 2.24) is 0 Å². The van der Waals surface area contributed by atoms with Crippen LogP contribution in [0.4, 0.5) is 11.4 Å². The largest absolute Gasteiger partial charge is 0.357 e. The molecule has 120 valence electrons. The fraction of sp³-hybridized carbons (Fsp3) is 0.200. The van der Waals surface area contributed by atoms with Crippen molar-refractivity contribution >= 4 is 34.5 Å². The lowest BCUT2D eigenvalue weighted by molar-refractivity contribution is -0.115. The number of Topliss-reactive ketones (excluding diaryl/α,β-unsaturated/α-hetero) is 1. The molecule has 4 heteroatoms. The number of hydrogen-bond donors (Lipinski definition) is 1. The number of rotatable bonds is 1. The lowest BCUT2D eigenvalue weighted by Gasteiger charge is -2.25. The Balaban J connectivity index is 1.77. The Morgan fingerprint density at radius 1 is 1.08 bits per heavy atom. The number of aliphatic imine (C=N–C) groups is 1. The molecule has 2 aliphatic rings. The predicted molar refractivity (Wildman–Crippen MR) is 98.3 cm³/mol. The molecule has 4 rings (SSSR count). The van der Waals surface area contributed by atoms with E-state index in [2.05, 4.69) is 5.32 Å². The van der Waals surface area contributed by atoms with Crippen molar-refractivity contribution in [3.8, 4) is 0 Å². The minimum atomic E-state index is 0.148. The quantitative estimate of drug-likeness (QED) is 0.771. The molecule has 1 unspecified atom stereocenters. The molecule has 1 aliphatic heterocycles. The zero-order chi connectivity index (χ0) is 16.7. The third kappa shape index (κ3) is 2.65. The molecule has 24 heavy (non-hydrogen) atoms. The molecule has 1 saturated carbocycles. The van der Waals surface area contributed by atoms with Crippen LogP contribution in [0.15, 0.2) is 64.8 Å².